The highest BCUT2D eigenvalue weighted by Gasteiger charge is 2.25. The van der Waals surface area contributed by atoms with E-state index in [1.165, 1.54) is 10.4 Å². The van der Waals surface area contributed by atoms with Crippen LogP contribution in [0.2, 0.25) is 0 Å². The number of hydrogen-bond donors (Lipinski definition) is 1. The molecule has 1 amide bonds. The number of sulfonamides is 1. The quantitative estimate of drug-likeness (QED) is 0.726. The summed E-state index contributed by atoms with van der Waals surface area (Å²) in [5.41, 5.74) is 1.78. The molecule has 1 unspecified atom stereocenters. The second kappa shape index (κ2) is 9.06. The van der Waals surface area contributed by atoms with E-state index in [4.69, 9.17) is 9.47 Å². The van der Waals surface area contributed by atoms with Crippen molar-refractivity contribution in [3.8, 4) is 11.5 Å². The number of amides is 1. The van der Waals surface area contributed by atoms with E-state index in [1.807, 2.05) is 25.1 Å². The van der Waals surface area contributed by atoms with Crippen molar-refractivity contribution in [1.29, 1.82) is 0 Å². The number of carbonyl (C=O) groups is 1. The van der Waals surface area contributed by atoms with E-state index in [1.54, 1.807) is 32.9 Å². The summed E-state index contributed by atoms with van der Waals surface area (Å²) in [5, 5.41) is 2.93. The number of rotatable bonds is 7. The molecule has 0 saturated carbocycles. The first kappa shape index (κ1) is 22.1. The van der Waals surface area contributed by atoms with Crippen molar-refractivity contribution >= 4 is 15.9 Å². The summed E-state index contributed by atoms with van der Waals surface area (Å²) < 4.78 is 38.4. The Morgan fingerprint density at radius 1 is 1.07 bits per heavy atom. The van der Waals surface area contributed by atoms with Crippen molar-refractivity contribution in [1.82, 2.24) is 9.62 Å². The monoisotopic (exact) mass is 432 g/mol. The molecule has 3 rings (SSSR count). The second-order valence-electron chi connectivity index (χ2n) is 7.17. The predicted molar refractivity (Wildman–Crippen MR) is 115 cm³/mol. The number of hydrogen-bond acceptors (Lipinski definition) is 5. The van der Waals surface area contributed by atoms with Crippen molar-refractivity contribution in [2.75, 3.05) is 26.3 Å². The van der Waals surface area contributed by atoms with Gasteiger partial charge in [0.05, 0.1) is 10.9 Å². The predicted octanol–water partition coefficient (Wildman–Crippen LogP) is 3.29. The number of nitrogens with zero attached hydrogens (tertiary/aromatic N) is 1. The number of aryl methyl sites for hydroxylation is 1. The summed E-state index contributed by atoms with van der Waals surface area (Å²) in [5.74, 6) is 1.00. The van der Waals surface area contributed by atoms with E-state index in [2.05, 4.69) is 5.32 Å². The lowest BCUT2D eigenvalue weighted by molar-refractivity contribution is 0.0939. The van der Waals surface area contributed by atoms with Crippen LogP contribution in [-0.4, -0.2) is 44.9 Å². The van der Waals surface area contributed by atoms with Gasteiger partial charge in [-0.15, -0.1) is 0 Å². The number of nitrogens with one attached hydrogen (secondary N) is 1. The Morgan fingerprint density at radius 2 is 1.73 bits per heavy atom. The van der Waals surface area contributed by atoms with Crippen LogP contribution in [0.4, 0.5) is 0 Å². The molecule has 0 saturated heterocycles. The molecule has 1 aliphatic heterocycles. The number of benzene rings is 2. The highest BCUT2D eigenvalue weighted by Crippen LogP contribution is 2.32. The van der Waals surface area contributed by atoms with Gasteiger partial charge in [-0.25, -0.2) is 8.42 Å². The Bertz CT molecular complexity index is 1030. The summed E-state index contributed by atoms with van der Waals surface area (Å²) in [4.78, 5) is 13.0. The van der Waals surface area contributed by atoms with E-state index in [0.29, 0.717) is 48.9 Å². The Kier molecular flexibility index (Phi) is 6.67. The lowest BCUT2D eigenvalue weighted by Gasteiger charge is -2.22. The van der Waals surface area contributed by atoms with Crippen molar-refractivity contribution in [2.24, 2.45) is 0 Å². The van der Waals surface area contributed by atoms with Crippen LogP contribution in [0.15, 0.2) is 41.3 Å². The molecule has 2 aromatic rings. The van der Waals surface area contributed by atoms with Gasteiger partial charge in [0.1, 0.15) is 13.2 Å². The van der Waals surface area contributed by atoms with Crippen molar-refractivity contribution in [3.05, 3.63) is 53.1 Å². The number of ether oxygens (including phenoxy) is 2. The lowest BCUT2D eigenvalue weighted by Crippen LogP contribution is -2.32. The van der Waals surface area contributed by atoms with Gasteiger partial charge in [-0.2, -0.15) is 4.31 Å². The van der Waals surface area contributed by atoms with Gasteiger partial charge in [0.2, 0.25) is 10.0 Å². The third-order valence-corrected chi connectivity index (χ3v) is 7.38. The van der Waals surface area contributed by atoms with Gasteiger partial charge in [-0.05, 0) is 49.2 Å². The zero-order valence-corrected chi connectivity index (χ0v) is 18.6. The molecule has 30 heavy (non-hydrogen) atoms. The van der Waals surface area contributed by atoms with Gasteiger partial charge < -0.3 is 14.8 Å². The topological polar surface area (TPSA) is 84.9 Å². The zero-order chi connectivity index (χ0) is 21.9. The molecule has 0 bridgehead atoms. The number of carbonyl (C=O) groups excluding carboxylic acids is 1. The van der Waals surface area contributed by atoms with Gasteiger partial charge >= 0.3 is 0 Å². The molecule has 2 aromatic carbocycles. The highest BCUT2D eigenvalue weighted by molar-refractivity contribution is 7.89. The molecule has 0 aromatic heterocycles. The normalized spacial score (nSPS) is 14.4. The van der Waals surface area contributed by atoms with Crippen LogP contribution in [0.1, 0.15) is 48.3 Å². The molecule has 8 heteroatoms. The second-order valence-corrected chi connectivity index (χ2v) is 9.07. The Morgan fingerprint density at radius 3 is 2.40 bits per heavy atom. The minimum atomic E-state index is -3.66. The fraction of sp³-hybridized carbons (Fsp3) is 0.409. The first-order valence-corrected chi connectivity index (χ1v) is 11.5. The maximum Gasteiger partial charge on any atom is 0.251 e. The fourth-order valence-electron chi connectivity index (χ4n) is 3.41. The van der Waals surface area contributed by atoms with Crippen LogP contribution in [0.5, 0.6) is 11.5 Å². The Balaban J connectivity index is 1.82. The fourth-order valence-corrected chi connectivity index (χ4v) is 5.12. The van der Waals surface area contributed by atoms with Crippen molar-refractivity contribution in [2.45, 2.75) is 38.6 Å². The molecule has 1 aliphatic rings. The molecular weight excluding hydrogens is 404 g/mol. The van der Waals surface area contributed by atoms with Crippen molar-refractivity contribution < 1.29 is 22.7 Å². The van der Waals surface area contributed by atoms with Crippen LogP contribution in [-0.2, 0) is 10.0 Å². The number of fused-ring (bicyclic) bond motifs is 1. The first-order chi connectivity index (χ1) is 14.3. The minimum absolute atomic E-state index is 0.158. The molecule has 162 valence electrons. The van der Waals surface area contributed by atoms with Crippen LogP contribution in [0.25, 0.3) is 0 Å². The summed E-state index contributed by atoms with van der Waals surface area (Å²) in [6, 6.07) is 10.0. The smallest absolute Gasteiger partial charge is 0.251 e. The van der Waals surface area contributed by atoms with Gasteiger partial charge in [0, 0.05) is 18.7 Å². The SMILES string of the molecule is CCN(CC)S(=O)(=O)c1cc(C(=O)NC(C)c2ccc3c(c2)OCCO3)ccc1C. The van der Waals surface area contributed by atoms with Gasteiger partial charge in [0.25, 0.3) is 5.91 Å². The third kappa shape index (κ3) is 4.44. The average Bonchev–Trinajstić information content (AvgIpc) is 2.74. The Hall–Kier alpha value is -2.58. The lowest BCUT2D eigenvalue weighted by atomic mass is 10.1. The molecule has 0 radical (unpaired) electrons. The highest BCUT2D eigenvalue weighted by atomic mass is 32.2. The van der Waals surface area contributed by atoms with E-state index >= 15 is 0 Å². The standard InChI is InChI=1S/C22H28N2O5S/c1-5-24(6-2)30(26,27)21-14-18(8-7-15(21)3)22(25)23-16(4)17-9-10-19-20(13-17)29-12-11-28-19/h7-10,13-14,16H,5-6,11-12H2,1-4H3,(H,23,25). The van der Waals surface area contributed by atoms with E-state index in [0.717, 1.165) is 5.56 Å². The maximum absolute atomic E-state index is 12.9. The first-order valence-electron chi connectivity index (χ1n) is 10.1. The van der Waals surface area contributed by atoms with E-state index in [-0.39, 0.29) is 16.8 Å². The molecular formula is C22H28N2O5S. The van der Waals surface area contributed by atoms with Gasteiger partial charge in [0.15, 0.2) is 11.5 Å². The third-order valence-electron chi connectivity index (χ3n) is 5.19. The minimum Gasteiger partial charge on any atom is -0.486 e. The summed E-state index contributed by atoms with van der Waals surface area (Å²) in [6.45, 7) is 8.94. The van der Waals surface area contributed by atoms with Gasteiger partial charge in [-0.3, -0.25) is 4.79 Å². The Labute approximate surface area is 178 Å². The maximum atomic E-state index is 12.9. The average molecular weight is 433 g/mol. The largest absolute Gasteiger partial charge is 0.486 e. The molecule has 0 aliphatic carbocycles. The molecule has 1 heterocycles. The summed E-state index contributed by atoms with van der Waals surface area (Å²) >= 11 is 0. The van der Waals surface area contributed by atoms with E-state index < -0.39 is 10.0 Å². The molecule has 7 nitrogen and oxygen atoms in total. The zero-order valence-electron chi connectivity index (χ0n) is 17.8. The molecule has 1 N–H and O–H groups in total. The van der Waals surface area contributed by atoms with Crippen LogP contribution in [0.3, 0.4) is 0 Å². The van der Waals surface area contributed by atoms with Crippen molar-refractivity contribution in [3.63, 3.8) is 0 Å². The van der Waals surface area contributed by atoms with Gasteiger partial charge in [-0.1, -0.05) is 26.0 Å². The van der Waals surface area contributed by atoms with Crippen LogP contribution in [0, 0.1) is 6.92 Å². The summed E-state index contributed by atoms with van der Waals surface area (Å²) in [7, 11) is -3.66. The van der Waals surface area contributed by atoms with Crippen LogP contribution < -0.4 is 14.8 Å². The molecule has 0 fully saturated rings. The van der Waals surface area contributed by atoms with Crippen LogP contribution >= 0.6 is 0 Å². The van der Waals surface area contributed by atoms with E-state index in [9.17, 15) is 13.2 Å². The summed E-state index contributed by atoms with van der Waals surface area (Å²) in [6.07, 6.45) is 0. The molecule has 1 atom stereocenters. The molecule has 0 spiro atoms.